The summed E-state index contributed by atoms with van der Waals surface area (Å²) in [6, 6.07) is 5.55. The summed E-state index contributed by atoms with van der Waals surface area (Å²) in [5.41, 5.74) is 0.407. The van der Waals surface area contributed by atoms with E-state index >= 15 is 0 Å². The lowest BCUT2D eigenvalue weighted by atomic mass is 10.2. The van der Waals surface area contributed by atoms with Crippen LogP contribution in [0.2, 0.25) is 0 Å². The van der Waals surface area contributed by atoms with Gasteiger partial charge in [-0.2, -0.15) is 0 Å². The molecule has 0 atom stereocenters. The van der Waals surface area contributed by atoms with E-state index in [2.05, 4.69) is 5.92 Å². The molecule has 0 unspecified atom stereocenters. The van der Waals surface area contributed by atoms with Gasteiger partial charge in [0.1, 0.15) is 0 Å². The van der Waals surface area contributed by atoms with E-state index in [9.17, 15) is 13.2 Å². The number of halogens is 1. The number of carbonyl (C=O) groups excluding carboxylic acids is 1. The Morgan fingerprint density at radius 2 is 1.95 bits per heavy atom. The summed E-state index contributed by atoms with van der Waals surface area (Å²) in [5.74, 6) is 2.83. The van der Waals surface area contributed by atoms with Gasteiger partial charge in [-0.1, -0.05) is 5.92 Å². The van der Waals surface area contributed by atoms with Gasteiger partial charge in [-0.05, 0) is 43.0 Å². The Morgan fingerprint density at radius 1 is 1.35 bits per heavy atom. The highest BCUT2D eigenvalue weighted by atomic mass is 35.7. The van der Waals surface area contributed by atoms with Gasteiger partial charge < -0.3 is 4.90 Å². The van der Waals surface area contributed by atoms with Crippen molar-refractivity contribution in [3.8, 4) is 12.3 Å². The van der Waals surface area contributed by atoms with Crippen LogP contribution in [0.3, 0.4) is 0 Å². The molecule has 1 aliphatic rings. The molecular formula is C14H14ClNO3S. The third-order valence-electron chi connectivity index (χ3n) is 3.13. The molecule has 0 radical (unpaired) electrons. The summed E-state index contributed by atoms with van der Waals surface area (Å²) in [4.78, 5) is 13.9. The van der Waals surface area contributed by atoms with E-state index in [-0.39, 0.29) is 17.3 Å². The molecular weight excluding hydrogens is 298 g/mol. The molecule has 1 saturated carbocycles. The maximum absolute atomic E-state index is 12.3. The average molecular weight is 312 g/mol. The van der Waals surface area contributed by atoms with Crippen LogP contribution in [0.4, 0.5) is 0 Å². The molecule has 0 aliphatic heterocycles. The van der Waals surface area contributed by atoms with Crippen LogP contribution in [0, 0.1) is 18.3 Å². The summed E-state index contributed by atoms with van der Waals surface area (Å²) in [6.07, 6.45) is 7.53. The minimum Gasteiger partial charge on any atom is -0.327 e. The van der Waals surface area contributed by atoms with Gasteiger partial charge in [0.15, 0.2) is 0 Å². The van der Waals surface area contributed by atoms with E-state index in [0.29, 0.717) is 18.0 Å². The molecule has 1 aromatic carbocycles. The molecule has 0 bridgehead atoms. The average Bonchev–Trinajstić information content (AvgIpc) is 3.20. The molecule has 0 N–H and O–H groups in total. The molecule has 2 rings (SSSR count). The van der Waals surface area contributed by atoms with E-state index in [1.54, 1.807) is 4.90 Å². The molecule has 0 heterocycles. The van der Waals surface area contributed by atoms with E-state index < -0.39 is 9.05 Å². The lowest BCUT2D eigenvalue weighted by Gasteiger charge is -2.20. The van der Waals surface area contributed by atoms with Crippen LogP contribution in [0.25, 0.3) is 0 Å². The first-order valence-electron chi connectivity index (χ1n) is 6.19. The SMILES string of the molecule is C#CCN(CC1CC1)C(=O)c1ccc(S(=O)(=O)Cl)cc1. The summed E-state index contributed by atoms with van der Waals surface area (Å²) < 4.78 is 22.3. The number of nitrogens with zero attached hydrogens (tertiary/aromatic N) is 1. The van der Waals surface area contributed by atoms with Gasteiger partial charge in [0.25, 0.3) is 15.0 Å². The van der Waals surface area contributed by atoms with Gasteiger partial charge in [-0.25, -0.2) is 8.42 Å². The Hall–Kier alpha value is -1.51. The lowest BCUT2D eigenvalue weighted by Crippen LogP contribution is -2.33. The molecule has 6 heteroatoms. The quantitative estimate of drug-likeness (QED) is 0.618. The smallest absolute Gasteiger partial charge is 0.261 e. The molecule has 106 valence electrons. The number of carbonyl (C=O) groups is 1. The Kier molecular flexibility index (Phi) is 4.36. The maximum atomic E-state index is 12.3. The van der Waals surface area contributed by atoms with Gasteiger partial charge >= 0.3 is 0 Å². The summed E-state index contributed by atoms with van der Waals surface area (Å²) in [5, 5.41) is 0. The van der Waals surface area contributed by atoms with Gasteiger partial charge in [-0.15, -0.1) is 6.42 Å². The third-order valence-corrected chi connectivity index (χ3v) is 4.50. The molecule has 0 spiro atoms. The summed E-state index contributed by atoms with van der Waals surface area (Å²) in [6.45, 7) is 0.906. The molecule has 4 nitrogen and oxygen atoms in total. The molecule has 20 heavy (non-hydrogen) atoms. The minimum atomic E-state index is -3.77. The van der Waals surface area contributed by atoms with Crippen molar-refractivity contribution in [2.24, 2.45) is 5.92 Å². The Morgan fingerprint density at radius 3 is 2.40 bits per heavy atom. The normalized spacial score (nSPS) is 14.6. The Labute approximate surface area is 123 Å². The zero-order valence-corrected chi connectivity index (χ0v) is 12.3. The monoisotopic (exact) mass is 311 g/mol. The summed E-state index contributed by atoms with van der Waals surface area (Å²) in [7, 11) is 1.46. The zero-order chi connectivity index (χ0) is 14.8. The fourth-order valence-corrected chi connectivity index (χ4v) is 2.65. The van der Waals surface area contributed by atoms with Gasteiger partial charge in [0.05, 0.1) is 11.4 Å². The predicted molar refractivity (Wildman–Crippen MR) is 76.9 cm³/mol. The Bertz CT molecular complexity index is 642. The molecule has 0 saturated heterocycles. The number of terminal acetylenes is 1. The van der Waals surface area contributed by atoms with E-state index in [4.69, 9.17) is 17.1 Å². The fourth-order valence-electron chi connectivity index (χ4n) is 1.88. The van der Waals surface area contributed by atoms with E-state index in [1.165, 1.54) is 24.3 Å². The van der Waals surface area contributed by atoms with Crippen LogP contribution in [0.1, 0.15) is 23.2 Å². The second-order valence-corrected chi connectivity index (χ2v) is 7.36. The molecule has 1 fully saturated rings. The van der Waals surface area contributed by atoms with Crippen molar-refractivity contribution < 1.29 is 13.2 Å². The largest absolute Gasteiger partial charge is 0.327 e. The standard InChI is InChI=1S/C14H14ClNO3S/c1-2-9-16(10-11-3-4-11)14(17)12-5-7-13(8-6-12)20(15,18)19/h1,5-8,11H,3-4,9-10H2. The van der Waals surface area contributed by atoms with Crippen LogP contribution in [0.5, 0.6) is 0 Å². The van der Waals surface area contributed by atoms with Crippen LogP contribution < -0.4 is 0 Å². The second-order valence-electron chi connectivity index (χ2n) is 4.80. The van der Waals surface area contributed by atoms with Gasteiger partial charge in [0.2, 0.25) is 0 Å². The van der Waals surface area contributed by atoms with Gasteiger partial charge in [0, 0.05) is 22.8 Å². The number of rotatable bonds is 5. The second kappa shape index (κ2) is 5.86. The number of hydrogen-bond donors (Lipinski definition) is 0. The lowest BCUT2D eigenvalue weighted by molar-refractivity contribution is 0.0769. The van der Waals surface area contributed by atoms with E-state index in [0.717, 1.165) is 12.8 Å². The fraction of sp³-hybridized carbons (Fsp3) is 0.357. The van der Waals surface area contributed by atoms with Crippen molar-refractivity contribution in [3.05, 3.63) is 29.8 Å². The van der Waals surface area contributed by atoms with Crippen molar-refractivity contribution in [2.45, 2.75) is 17.7 Å². The molecule has 1 aromatic rings. The first-order valence-corrected chi connectivity index (χ1v) is 8.50. The van der Waals surface area contributed by atoms with Crippen molar-refractivity contribution in [2.75, 3.05) is 13.1 Å². The highest BCUT2D eigenvalue weighted by molar-refractivity contribution is 8.13. The maximum Gasteiger partial charge on any atom is 0.261 e. The van der Waals surface area contributed by atoms with Crippen molar-refractivity contribution in [1.29, 1.82) is 0 Å². The third kappa shape index (κ3) is 3.75. The van der Waals surface area contributed by atoms with Crippen molar-refractivity contribution in [3.63, 3.8) is 0 Å². The zero-order valence-electron chi connectivity index (χ0n) is 10.8. The number of benzene rings is 1. The molecule has 1 amide bonds. The summed E-state index contributed by atoms with van der Waals surface area (Å²) >= 11 is 0. The van der Waals surface area contributed by atoms with Crippen LogP contribution in [-0.4, -0.2) is 32.3 Å². The number of hydrogen-bond acceptors (Lipinski definition) is 3. The molecule has 0 aromatic heterocycles. The van der Waals surface area contributed by atoms with E-state index in [1.807, 2.05) is 0 Å². The minimum absolute atomic E-state index is 0.0265. The predicted octanol–water partition coefficient (Wildman–Crippen LogP) is 2.10. The first kappa shape index (κ1) is 14.9. The van der Waals surface area contributed by atoms with Crippen molar-refractivity contribution in [1.82, 2.24) is 4.90 Å². The van der Waals surface area contributed by atoms with Crippen LogP contribution in [0.15, 0.2) is 29.2 Å². The number of amides is 1. The highest BCUT2D eigenvalue weighted by Gasteiger charge is 2.27. The van der Waals surface area contributed by atoms with Crippen LogP contribution in [-0.2, 0) is 9.05 Å². The highest BCUT2D eigenvalue weighted by Crippen LogP contribution is 2.30. The topological polar surface area (TPSA) is 54.5 Å². The van der Waals surface area contributed by atoms with Crippen LogP contribution >= 0.6 is 10.7 Å². The van der Waals surface area contributed by atoms with Crippen molar-refractivity contribution >= 4 is 25.6 Å². The Balaban J connectivity index is 2.16. The molecule has 1 aliphatic carbocycles. The first-order chi connectivity index (χ1) is 9.41. The van der Waals surface area contributed by atoms with Gasteiger partial charge in [-0.3, -0.25) is 4.79 Å².